The number of benzene rings is 2. The normalized spacial score (nSPS) is 10.7. The van der Waals surface area contributed by atoms with Crippen molar-refractivity contribution in [2.24, 2.45) is 0 Å². The average Bonchev–Trinajstić information content (AvgIpc) is 2.53. The minimum absolute atomic E-state index is 0.0338. The highest BCUT2D eigenvalue weighted by Gasteiger charge is 2.08. The van der Waals surface area contributed by atoms with Crippen LogP contribution in [0.15, 0.2) is 42.5 Å². The highest BCUT2D eigenvalue weighted by atomic mass is 35.5. The first-order chi connectivity index (χ1) is 11.5. The number of hydrogen-bond acceptors (Lipinski definition) is 2. The summed E-state index contributed by atoms with van der Waals surface area (Å²) in [6.45, 7) is 4.45. The van der Waals surface area contributed by atoms with Crippen molar-refractivity contribution in [3.05, 3.63) is 63.6 Å². The minimum atomic E-state index is -0.0338. The van der Waals surface area contributed by atoms with Crippen LogP contribution in [0, 0.1) is 0 Å². The molecule has 0 bridgehead atoms. The monoisotopic (exact) mass is 365 g/mol. The molecule has 2 rings (SSSR count). The fourth-order valence-electron chi connectivity index (χ4n) is 2.26. The molecule has 0 aliphatic rings. The van der Waals surface area contributed by atoms with Gasteiger partial charge in [0.1, 0.15) is 5.75 Å². The molecule has 0 aromatic heterocycles. The van der Waals surface area contributed by atoms with Gasteiger partial charge in [0.25, 0.3) is 0 Å². The smallest absolute Gasteiger partial charge is 0.220 e. The molecule has 1 amide bonds. The number of carbonyl (C=O) groups is 1. The second kappa shape index (κ2) is 8.95. The molecule has 0 spiro atoms. The Bertz CT molecular complexity index is 664. The van der Waals surface area contributed by atoms with E-state index in [2.05, 4.69) is 5.32 Å². The van der Waals surface area contributed by atoms with Crippen molar-refractivity contribution in [3.63, 3.8) is 0 Å². The van der Waals surface area contributed by atoms with Crippen molar-refractivity contribution >= 4 is 29.1 Å². The standard InChI is InChI=1S/C19H21Cl2NO2/c1-13(2)24-15-8-6-14(7-9-15)12-22-19(23)11-10-16-17(20)4-3-5-18(16)21/h3-9,13H,10-12H2,1-2H3,(H,22,23). The van der Waals surface area contributed by atoms with E-state index in [4.69, 9.17) is 27.9 Å². The van der Waals surface area contributed by atoms with Gasteiger partial charge in [-0.1, -0.05) is 41.4 Å². The molecule has 5 heteroatoms. The maximum atomic E-state index is 12.0. The number of carbonyl (C=O) groups excluding carboxylic acids is 1. The molecule has 0 radical (unpaired) electrons. The van der Waals surface area contributed by atoms with Crippen LogP contribution in [-0.4, -0.2) is 12.0 Å². The molecule has 2 aromatic carbocycles. The summed E-state index contributed by atoms with van der Waals surface area (Å²) in [6, 6.07) is 13.1. The number of hydrogen-bond donors (Lipinski definition) is 1. The van der Waals surface area contributed by atoms with E-state index in [1.807, 2.05) is 38.1 Å². The molecule has 0 unspecified atom stereocenters. The van der Waals surface area contributed by atoms with Crippen LogP contribution in [-0.2, 0) is 17.8 Å². The number of halogens is 2. The highest BCUT2D eigenvalue weighted by molar-refractivity contribution is 6.36. The van der Waals surface area contributed by atoms with E-state index in [1.54, 1.807) is 18.2 Å². The summed E-state index contributed by atoms with van der Waals surface area (Å²) in [5.74, 6) is 0.793. The molecule has 0 aliphatic heterocycles. The van der Waals surface area contributed by atoms with Gasteiger partial charge in [-0.25, -0.2) is 0 Å². The molecule has 128 valence electrons. The van der Waals surface area contributed by atoms with Crippen LogP contribution in [0.25, 0.3) is 0 Å². The fraction of sp³-hybridized carbons (Fsp3) is 0.316. The Labute approximate surface area is 152 Å². The summed E-state index contributed by atoms with van der Waals surface area (Å²) in [7, 11) is 0. The minimum Gasteiger partial charge on any atom is -0.491 e. The Morgan fingerprint density at radius 2 is 1.71 bits per heavy atom. The van der Waals surface area contributed by atoms with E-state index in [1.165, 1.54) is 0 Å². The molecule has 2 aromatic rings. The van der Waals surface area contributed by atoms with Gasteiger partial charge in [-0.2, -0.15) is 0 Å². The highest BCUT2D eigenvalue weighted by Crippen LogP contribution is 2.25. The average molecular weight is 366 g/mol. The van der Waals surface area contributed by atoms with Gasteiger partial charge < -0.3 is 10.1 Å². The first-order valence-electron chi connectivity index (χ1n) is 7.91. The topological polar surface area (TPSA) is 38.3 Å². The Hall–Kier alpha value is -1.71. The van der Waals surface area contributed by atoms with Gasteiger partial charge in [-0.3, -0.25) is 4.79 Å². The predicted octanol–water partition coefficient (Wildman–Crippen LogP) is 5.03. The fourth-order valence-corrected chi connectivity index (χ4v) is 2.84. The van der Waals surface area contributed by atoms with Crippen molar-refractivity contribution in [2.45, 2.75) is 39.3 Å². The van der Waals surface area contributed by atoms with E-state index in [0.717, 1.165) is 16.9 Å². The van der Waals surface area contributed by atoms with E-state index in [-0.39, 0.29) is 12.0 Å². The molecule has 0 heterocycles. The van der Waals surface area contributed by atoms with Gasteiger partial charge in [-0.15, -0.1) is 0 Å². The third-order valence-corrected chi connectivity index (χ3v) is 4.16. The first-order valence-corrected chi connectivity index (χ1v) is 8.66. The number of rotatable bonds is 7. The van der Waals surface area contributed by atoms with Crippen molar-refractivity contribution in [2.75, 3.05) is 0 Å². The van der Waals surface area contributed by atoms with Crippen LogP contribution < -0.4 is 10.1 Å². The summed E-state index contributed by atoms with van der Waals surface area (Å²) >= 11 is 12.2. The maximum absolute atomic E-state index is 12.0. The SMILES string of the molecule is CC(C)Oc1ccc(CNC(=O)CCc2c(Cl)cccc2Cl)cc1. The van der Waals surface area contributed by atoms with Crippen LogP contribution in [0.2, 0.25) is 10.0 Å². The van der Waals surface area contributed by atoms with E-state index < -0.39 is 0 Å². The second-order valence-electron chi connectivity index (χ2n) is 5.79. The third-order valence-electron chi connectivity index (χ3n) is 3.45. The maximum Gasteiger partial charge on any atom is 0.220 e. The number of amides is 1. The zero-order valence-corrected chi connectivity index (χ0v) is 15.3. The lowest BCUT2D eigenvalue weighted by Crippen LogP contribution is -2.23. The summed E-state index contributed by atoms with van der Waals surface area (Å²) in [6.07, 6.45) is 1.01. The molecule has 0 atom stereocenters. The molecule has 0 saturated carbocycles. The summed E-state index contributed by atoms with van der Waals surface area (Å²) in [4.78, 5) is 12.0. The van der Waals surface area contributed by atoms with Crippen molar-refractivity contribution in [3.8, 4) is 5.75 Å². The van der Waals surface area contributed by atoms with Gasteiger partial charge >= 0.3 is 0 Å². The Morgan fingerprint density at radius 3 is 2.29 bits per heavy atom. The zero-order valence-electron chi connectivity index (χ0n) is 13.8. The zero-order chi connectivity index (χ0) is 17.5. The molecule has 0 aliphatic carbocycles. The van der Waals surface area contributed by atoms with Gasteiger partial charge in [0, 0.05) is 23.0 Å². The van der Waals surface area contributed by atoms with Crippen molar-refractivity contribution in [1.29, 1.82) is 0 Å². The number of ether oxygens (including phenoxy) is 1. The molecule has 0 fully saturated rings. The number of nitrogens with one attached hydrogen (secondary N) is 1. The van der Waals surface area contributed by atoms with Gasteiger partial charge in [0.2, 0.25) is 5.91 Å². The molecule has 0 saturated heterocycles. The van der Waals surface area contributed by atoms with Crippen LogP contribution in [0.5, 0.6) is 5.75 Å². The first kappa shape index (κ1) is 18.6. The molecular weight excluding hydrogens is 345 g/mol. The lowest BCUT2D eigenvalue weighted by Gasteiger charge is -2.11. The molecular formula is C19H21Cl2NO2. The molecule has 1 N–H and O–H groups in total. The summed E-state index contributed by atoms with van der Waals surface area (Å²) < 4.78 is 5.59. The summed E-state index contributed by atoms with van der Waals surface area (Å²) in [5, 5.41) is 4.09. The predicted molar refractivity (Wildman–Crippen MR) is 98.8 cm³/mol. The van der Waals surface area contributed by atoms with Crippen molar-refractivity contribution < 1.29 is 9.53 Å². The molecule has 24 heavy (non-hydrogen) atoms. The van der Waals surface area contributed by atoms with E-state index in [0.29, 0.717) is 29.4 Å². The van der Waals surface area contributed by atoms with E-state index in [9.17, 15) is 4.79 Å². The van der Waals surface area contributed by atoms with Crippen LogP contribution in [0.1, 0.15) is 31.4 Å². The Balaban J connectivity index is 1.81. The van der Waals surface area contributed by atoms with Gasteiger partial charge in [0.15, 0.2) is 0 Å². The third kappa shape index (κ3) is 5.73. The van der Waals surface area contributed by atoms with Crippen LogP contribution >= 0.6 is 23.2 Å². The van der Waals surface area contributed by atoms with Crippen LogP contribution in [0.4, 0.5) is 0 Å². The molecule has 3 nitrogen and oxygen atoms in total. The van der Waals surface area contributed by atoms with E-state index >= 15 is 0 Å². The largest absolute Gasteiger partial charge is 0.491 e. The lowest BCUT2D eigenvalue weighted by molar-refractivity contribution is -0.121. The Morgan fingerprint density at radius 1 is 1.08 bits per heavy atom. The van der Waals surface area contributed by atoms with Gasteiger partial charge in [0.05, 0.1) is 6.10 Å². The van der Waals surface area contributed by atoms with Gasteiger partial charge in [-0.05, 0) is 55.7 Å². The van der Waals surface area contributed by atoms with Crippen LogP contribution in [0.3, 0.4) is 0 Å². The lowest BCUT2D eigenvalue weighted by atomic mass is 10.1. The Kier molecular flexibility index (Phi) is 6.95. The quantitative estimate of drug-likeness (QED) is 0.746. The summed E-state index contributed by atoms with van der Waals surface area (Å²) in [5.41, 5.74) is 1.83. The second-order valence-corrected chi connectivity index (χ2v) is 6.60. The van der Waals surface area contributed by atoms with Crippen molar-refractivity contribution in [1.82, 2.24) is 5.32 Å².